The van der Waals surface area contributed by atoms with Crippen molar-refractivity contribution >= 4 is 21.6 Å². The zero-order chi connectivity index (χ0) is 13.2. The van der Waals surface area contributed by atoms with Crippen molar-refractivity contribution in [2.75, 3.05) is 0 Å². The van der Waals surface area contributed by atoms with E-state index in [9.17, 15) is 4.79 Å². The molecule has 0 saturated carbocycles. The standard InChI is InChI=1S/C15H11BrN2O/c16-13-6-2-1-5-11(13)9-12-10-18-8-4-3-7-14(18)17-15(12)19/h1-8,10H,9H2. The van der Waals surface area contributed by atoms with Gasteiger partial charge in [-0.05, 0) is 23.8 Å². The summed E-state index contributed by atoms with van der Waals surface area (Å²) in [5, 5.41) is 0. The summed E-state index contributed by atoms with van der Waals surface area (Å²) in [5.41, 5.74) is 2.28. The molecule has 0 aliphatic rings. The molecule has 2 heterocycles. The second kappa shape index (κ2) is 4.97. The molecule has 0 fully saturated rings. The first kappa shape index (κ1) is 12.1. The number of hydrogen-bond donors (Lipinski definition) is 0. The highest BCUT2D eigenvalue weighted by molar-refractivity contribution is 9.10. The molecule has 0 radical (unpaired) electrons. The molecule has 0 spiro atoms. The van der Waals surface area contributed by atoms with Crippen molar-refractivity contribution in [1.82, 2.24) is 9.38 Å². The Morgan fingerprint density at radius 2 is 1.84 bits per heavy atom. The fraction of sp³-hybridized carbons (Fsp3) is 0.0667. The van der Waals surface area contributed by atoms with E-state index in [0.717, 1.165) is 10.0 Å². The third-order valence-electron chi connectivity index (χ3n) is 2.99. The van der Waals surface area contributed by atoms with Gasteiger partial charge in [-0.3, -0.25) is 4.79 Å². The first-order chi connectivity index (χ1) is 9.24. The molecule has 3 rings (SSSR count). The van der Waals surface area contributed by atoms with E-state index in [1.54, 1.807) is 0 Å². The average Bonchev–Trinajstić information content (AvgIpc) is 2.42. The largest absolute Gasteiger partial charge is 0.308 e. The molecule has 2 aromatic heterocycles. The molecule has 4 heteroatoms. The third kappa shape index (κ3) is 2.44. The van der Waals surface area contributed by atoms with Gasteiger partial charge in [0.15, 0.2) is 0 Å². The van der Waals surface area contributed by atoms with Crippen molar-refractivity contribution in [2.45, 2.75) is 6.42 Å². The van der Waals surface area contributed by atoms with E-state index in [2.05, 4.69) is 20.9 Å². The van der Waals surface area contributed by atoms with E-state index in [-0.39, 0.29) is 5.56 Å². The predicted molar refractivity (Wildman–Crippen MR) is 78.4 cm³/mol. The van der Waals surface area contributed by atoms with Gasteiger partial charge < -0.3 is 4.40 Å². The van der Waals surface area contributed by atoms with Gasteiger partial charge in [0.25, 0.3) is 5.56 Å². The maximum atomic E-state index is 12.0. The van der Waals surface area contributed by atoms with Crippen LogP contribution in [0.5, 0.6) is 0 Å². The van der Waals surface area contributed by atoms with E-state index in [0.29, 0.717) is 17.6 Å². The summed E-state index contributed by atoms with van der Waals surface area (Å²) in [4.78, 5) is 16.1. The lowest BCUT2D eigenvalue weighted by Crippen LogP contribution is -2.15. The van der Waals surface area contributed by atoms with Crippen LogP contribution in [0.2, 0.25) is 0 Å². The highest BCUT2D eigenvalue weighted by Gasteiger charge is 2.06. The molecule has 0 N–H and O–H groups in total. The molecule has 0 unspecified atom stereocenters. The summed E-state index contributed by atoms with van der Waals surface area (Å²) >= 11 is 3.50. The minimum Gasteiger partial charge on any atom is -0.308 e. The Hall–Kier alpha value is -1.94. The van der Waals surface area contributed by atoms with Gasteiger partial charge in [0.1, 0.15) is 5.65 Å². The van der Waals surface area contributed by atoms with Crippen LogP contribution in [-0.2, 0) is 6.42 Å². The van der Waals surface area contributed by atoms with Gasteiger partial charge >= 0.3 is 0 Å². The normalized spacial score (nSPS) is 10.8. The van der Waals surface area contributed by atoms with Crippen molar-refractivity contribution in [3.63, 3.8) is 0 Å². The molecule has 0 saturated heterocycles. The van der Waals surface area contributed by atoms with Crippen LogP contribution in [0, 0.1) is 0 Å². The Labute approximate surface area is 118 Å². The van der Waals surface area contributed by atoms with Crippen LogP contribution in [0.1, 0.15) is 11.1 Å². The Morgan fingerprint density at radius 3 is 2.68 bits per heavy atom. The lowest BCUT2D eigenvalue weighted by molar-refractivity contribution is 1.00. The van der Waals surface area contributed by atoms with E-state index >= 15 is 0 Å². The van der Waals surface area contributed by atoms with E-state index in [1.165, 1.54) is 0 Å². The highest BCUT2D eigenvalue weighted by Crippen LogP contribution is 2.18. The van der Waals surface area contributed by atoms with Crippen LogP contribution in [0.15, 0.2) is 64.1 Å². The molecular weight excluding hydrogens is 304 g/mol. The molecule has 0 bridgehead atoms. The van der Waals surface area contributed by atoms with E-state index in [4.69, 9.17) is 0 Å². The molecule has 94 valence electrons. The summed E-state index contributed by atoms with van der Waals surface area (Å²) in [6.07, 6.45) is 4.32. The highest BCUT2D eigenvalue weighted by atomic mass is 79.9. The van der Waals surface area contributed by atoms with Gasteiger partial charge in [0.2, 0.25) is 0 Å². The maximum absolute atomic E-state index is 12.0. The van der Waals surface area contributed by atoms with Crippen LogP contribution in [0.25, 0.3) is 5.65 Å². The first-order valence-electron chi connectivity index (χ1n) is 5.94. The quantitative estimate of drug-likeness (QED) is 0.728. The zero-order valence-electron chi connectivity index (χ0n) is 10.1. The number of benzene rings is 1. The Kier molecular flexibility index (Phi) is 3.17. The SMILES string of the molecule is O=c1nc2ccccn2cc1Cc1ccccc1Br. The molecule has 3 aromatic rings. The smallest absolute Gasteiger partial charge is 0.276 e. The Morgan fingerprint density at radius 1 is 1.05 bits per heavy atom. The summed E-state index contributed by atoms with van der Waals surface area (Å²) in [7, 11) is 0. The van der Waals surface area contributed by atoms with Gasteiger partial charge in [-0.2, -0.15) is 4.98 Å². The van der Waals surface area contributed by atoms with Crippen molar-refractivity contribution < 1.29 is 0 Å². The summed E-state index contributed by atoms with van der Waals surface area (Å²) in [5.74, 6) is 0. The zero-order valence-corrected chi connectivity index (χ0v) is 11.7. The van der Waals surface area contributed by atoms with Crippen molar-refractivity contribution in [3.8, 4) is 0 Å². The molecule has 19 heavy (non-hydrogen) atoms. The Bertz CT molecular complexity index is 795. The van der Waals surface area contributed by atoms with Crippen LogP contribution in [-0.4, -0.2) is 9.38 Å². The first-order valence-corrected chi connectivity index (χ1v) is 6.74. The molecule has 0 aliphatic heterocycles. The number of fused-ring (bicyclic) bond motifs is 1. The molecule has 3 nitrogen and oxygen atoms in total. The maximum Gasteiger partial charge on any atom is 0.276 e. The van der Waals surface area contributed by atoms with Crippen molar-refractivity contribution in [2.24, 2.45) is 0 Å². The van der Waals surface area contributed by atoms with Crippen LogP contribution >= 0.6 is 15.9 Å². The van der Waals surface area contributed by atoms with Gasteiger partial charge in [-0.15, -0.1) is 0 Å². The van der Waals surface area contributed by atoms with Gasteiger partial charge in [0, 0.05) is 28.9 Å². The molecule has 0 amide bonds. The second-order valence-electron chi connectivity index (χ2n) is 4.31. The van der Waals surface area contributed by atoms with Crippen LogP contribution in [0.3, 0.4) is 0 Å². The van der Waals surface area contributed by atoms with Gasteiger partial charge in [-0.25, -0.2) is 0 Å². The van der Waals surface area contributed by atoms with E-state index < -0.39 is 0 Å². The number of hydrogen-bond acceptors (Lipinski definition) is 2. The molecule has 0 atom stereocenters. The molecule has 0 aliphatic carbocycles. The van der Waals surface area contributed by atoms with Gasteiger partial charge in [0.05, 0.1) is 0 Å². The summed E-state index contributed by atoms with van der Waals surface area (Å²) < 4.78 is 2.88. The number of aromatic nitrogens is 2. The van der Waals surface area contributed by atoms with Crippen molar-refractivity contribution in [3.05, 3.63) is 80.8 Å². The van der Waals surface area contributed by atoms with Crippen LogP contribution < -0.4 is 5.56 Å². The number of pyridine rings is 1. The molecule has 1 aromatic carbocycles. The van der Waals surface area contributed by atoms with Crippen LogP contribution in [0.4, 0.5) is 0 Å². The van der Waals surface area contributed by atoms with E-state index in [1.807, 2.05) is 59.3 Å². The monoisotopic (exact) mass is 314 g/mol. The van der Waals surface area contributed by atoms with Gasteiger partial charge in [-0.1, -0.05) is 40.2 Å². The number of halogens is 1. The lowest BCUT2D eigenvalue weighted by atomic mass is 10.1. The predicted octanol–water partition coefficient (Wildman–Crippen LogP) is 3.05. The topological polar surface area (TPSA) is 34.4 Å². The minimum absolute atomic E-state index is 0.165. The summed E-state index contributed by atoms with van der Waals surface area (Å²) in [6, 6.07) is 13.5. The van der Waals surface area contributed by atoms with Crippen molar-refractivity contribution in [1.29, 1.82) is 0 Å². The third-order valence-corrected chi connectivity index (χ3v) is 3.77. The lowest BCUT2D eigenvalue weighted by Gasteiger charge is -2.05. The second-order valence-corrected chi connectivity index (χ2v) is 5.16. The number of nitrogens with zero attached hydrogens (tertiary/aromatic N) is 2. The average molecular weight is 315 g/mol. The fourth-order valence-corrected chi connectivity index (χ4v) is 2.44. The summed E-state index contributed by atoms with van der Waals surface area (Å²) in [6.45, 7) is 0. The molecular formula is C15H11BrN2O. The minimum atomic E-state index is -0.165. The Balaban J connectivity index is 2.08. The number of rotatable bonds is 2. The fourth-order valence-electron chi connectivity index (χ4n) is 2.02.